The van der Waals surface area contributed by atoms with Crippen LogP contribution in [0.3, 0.4) is 0 Å². The Balaban J connectivity index is 2.10. The van der Waals surface area contributed by atoms with Crippen LogP contribution in [0, 0.1) is 0 Å². The van der Waals surface area contributed by atoms with E-state index >= 15 is 0 Å². The van der Waals surface area contributed by atoms with Crippen LogP contribution in [-0.2, 0) is 4.74 Å². The number of nitrogens with zero attached hydrogens (tertiary/aromatic N) is 1. The first-order chi connectivity index (χ1) is 8.74. The highest BCUT2D eigenvalue weighted by molar-refractivity contribution is 6.32. The summed E-state index contributed by atoms with van der Waals surface area (Å²) in [6.45, 7) is 3.59. The second-order valence-electron chi connectivity index (χ2n) is 4.37. The molecule has 1 N–H and O–H groups in total. The molecule has 2 rings (SSSR count). The molecule has 4 nitrogen and oxygen atoms in total. The van der Waals surface area contributed by atoms with E-state index in [1.807, 2.05) is 18.2 Å². The largest absolute Gasteiger partial charge is 0.495 e. The zero-order valence-electron chi connectivity index (χ0n) is 10.8. The highest BCUT2D eigenvalue weighted by Crippen LogP contribution is 2.29. The highest BCUT2D eigenvalue weighted by Gasteiger charge is 2.19. The van der Waals surface area contributed by atoms with Crippen molar-refractivity contribution in [1.29, 1.82) is 0 Å². The summed E-state index contributed by atoms with van der Waals surface area (Å²) in [7, 11) is 3.36. The fourth-order valence-electron chi connectivity index (χ4n) is 2.22. The van der Waals surface area contributed by atoms with E-state index in [0.29, 0.717) is 11.1 Å². The van der Waals surface area contributed by atoms with Gasteiger partial charge < -0.3 is 19.7 Å². The minimum Gasteiger partial charge on any atom is -0.495 e. The van der Waals surface area contributed by atoms with Gasteiger partial charge >= 0.3 is 0 Å². The minimum atomic E-state index is 0.366. The van der Waals surface area contributed by atoms with E-state index < -0.39 is 0 Å². The molecular weight excluding hydrogens is 252 g/mol. The van der Waals surface area contributed by atoms with Crippen molar-refractivity contribution in [3.63, 3.8) is 0 Å². The molecule has 1 fully saturated rings. The van der Waals surface area contributed by atoms with E-state index in [1.54, 1.807) is 14.2 Å². The summed E-state index contributed by atoms with van der Waals surface area (Å²) in [5.74, 6) is 0.719. The van der Waals surface area contributed by atoms with Crippen molar-refractivity contribution >= 4 is 17.3 Å². The van der Waals surface area contributed by atoms with Crippen molar-refractivity contribution in [3.05, 3.63) is 23.2 Å². The molecule has 0 aliphatic carbocycles. The van der Waals surface area contributed by atoms with Crippen molar-refractivity contribution in [1.82, 2.24) is 5.32 Å². The van der Waals surface area contributed by atoms with Crippen LogP contribution in [0.2, 0.25) is 5.02 Å². The molecule has 1 aliphatic rings. The van der Waals surface area contributed by atoms with Crippen LogP contribution in [0.25, 0.3) is 0 Å². The lowest BCUT2D eigenvalue weighted by Gasteiger charge is -2.35. The van der Waals surface area contributed by atoms with Crippen LogP contribution >= 0.6 is 11.6 Å². The van der Waals surface area contributed by atoms with Gasteiger partial charge in [0.05, 0.1) is 18.7 Å². The van der Waals surface area contributed by atoms with Gasteiger partial charge in [-0.2, -0.15) is 0 Å². The topological polar surface area (TPSA) is 33.7 Å². The number of anilines is 1. The Morgan fingerprint density at radius 2 is 2.28 bits per heavy atom. The fraction of sp³-hybridized carbons (Fsp3) is 0.538. The van der Waals surface area contributed by atoms with Gasteiger partial charge in [0.2, 0.25) is 0 Å². The molecule has 1 heterocycles. The van der Waals surface area contributed by atoms with Crippen molar-refractivity contribution in [2.24, 2.45) is 0 Å². The first kappa shape index (κ1) is 13.5. The van der Waals surface area contributed by atoms with E-state index in [4.69, 9.17) is 21.1 Å². The number of nitrogens with one attached hydrogen (secondary N) is 1. The maximum Gasteiger partial charge on any atom is 0.139 e. The molecule has 0 aromatic heterocycles. The molecule has 1 atom stereocenters. The van der Waals surface area contributed by atoms with E-state index in [0.717, 1.165) is 37.7 Å². The first-order valence-electron chi connectivity index (χ1n) is 6.05. The molecule has 0 bridgehead atoms. The molecule has 1 aromatic carbocycles. The van der Waals surface area contributed by atoms with Crippen molar-refractivity contribution in [3.8, 4) is 5.75 Å². The molecule has 0 radical (unpaired) electrons. The summed E-state index contributed by atoms with van der Waals surface area (Å²) < 4.78 is 10.4. The van der Waals surface area contributed by atoms with Crippen molar-refractivity contribution < 1.29 is 9.47 Å². The monoisotopic (exact) mass is 270 g/mol. The van der Waals surface area contributed by atoms with E-state index in [-0.39, 0.29) is 0 Å². The van der Waals surface area contributed by atoms with E-state index in [1.165, 1.54) is 0 Å². The summed E-state index contributed by atoms with van der Waals surface area (Å²) in [5.41, 5.74) is 1.14. The van der Waals surface area contributed by atoms with Crippen molar-refractivity contribution in [2.75, 3.05) is 45.4 Å². The van der Waals surface area contributed by atoms with Gasteiger partial charge in [0.1, 0.15) is 5.75 Å². The Bertz CT molecular complexity index is 399. The van der Waals surface area contributed by atoms with Gasteiger partial charge in [0.25, 0.3) is 0 Å². The number of hydrogen-bond acceptors (Lipinski definition) is 4. The molecule has 18 heavy (non-hydrogen) atoms. The highest BCUT2D eigenvalue weighted by atomic mass is 35.5. The average molecular weight is 271 g/mol. The standard InChI is InChI=1S/C13H19ClN2O2/c1-17-9-10-8-16(6-5-15-10)11-3-4-12(14)13(7-11)18-2/h3-4,7,10,15H,5-6,8-9H2,1-2H3. The molecule has 0 amide bonds. The third-order valence-electron chi connectivity index (χ3n) is 3.12. The lowest BCUT2D eigenvalue weighted by molar-refractivity contribution is 0.163. The minimum absolute atomic E-state index is 0.366. The Kier molecular flexibility index (Phi) is 4.69. The normalized spacial score (nSPS) is 19.9. The summed E-state index contributed by atoms with van der Waals surface area (Å²) in [6.07, 6.45) is 0. The predicted molar refractivity (Wildman–Crippen MR) is 73.9 cm³/mol. The van der Waals surface area contributed by atoms with Crippen LogP contribution in [0.5, 0.6) is 5.75 Å². The number of piperazine rings is 1. The molecule has 1 aromatic rings. The third kappa shape index (κ3) is 3.07. The molecule has 0 saturated carbocycles. The average Bonchev–Trinajstić information content (AvgIpc) is 2.40. The zero-order valence-corrected chi connectivity index (χ0v) is 11.5. The van der Waals surface area contributed by atoms with Gasteiger partial charge in [-0.25, -0.2) is 0 Å². The number of halogens is 1. The number of ether oxygens (including phenoxy) is 2. The van der Waals surface area contributed by atoms with Gasteiger partial charge in [0, 0.05) is 44.5 Å². The van der Waals surface area contributed by atoms with E-state index in [2.05, 4.69) is 10.2 Å². The van der Waals surface area contributed by atoms with Gasteiger partial charge in [-0.3, -0.25) is 0 Å². The third-order valence-corrected chi connectivity index (χ3v) is 3.44. The lowest BCUT2D eigenvalue weighted by Crippen LogP contribution is -2.52. The Morgan fingerprint density at radius 1 is 1.44 bits per heavy atom. The Labute approximate surface area is 113 Å². The lowest BCUT2D eigenvalue weighted by atomic mass is 10.2. The number of hydrogen-bond donors (Lipinski definition) is 1. The smallest absolute Gasteiger partial charge is 0.139 e. The van der Waals surface area contributed by atoms with Crippen LogP contribution in [0.1, 0.15) is 0 Å². The Hall–Kier alpha value is -0.970. The maximum absolute atomic E-state index is 6.04. The molecular formula is C13H19ClN2O2. The molecule has 5 heteroatoms. The van der Waals surface area contributed by atoms with E-state index in [9.17, 15) is 0 Å². The predicted octanol–water partition coefficient (Wildman–Crippen LogP) is 1.77. The quantitative estimate of drug-likeness (QED) is 0.904. The Morgan fingerprint density at radius 3 is 3.00 bits per heavy atom. The number of benzene rings is 1. The van der Waals surface area contributed by atoms with Gasteiger partial charge in [-0.1, -0.05) is 11.6 Å². The summed E-state index contributed by atoms with van der Waals surface area (Å²) in [6, 6.07) is 6.26. The van der Waals surface area contributed by atoms with Crippen LogP contribution in [0.15, 0.2) is 18.2 Å². The van der Waals surface area contributed by atoms with Crippen molar-refractivity contribution in [2.45, 2.75) is 6.04 Å². The van der Waals surface area contributed by atoms with Gasteiger partial charge in [-0.05, 0) is 12.1 Å². The SMILES string of the molecule is COCC1CN(c2ccc(Cl)c(OC)c2)CCN1. The van der Waals surface area contributed by atoms with Crippen LogP contribution in [-0.4, -0.2) is 46.5 Å². The second-order valence-corrected chi connectivity index (χ2v) is 4.78. The molecule has 1 aliphatic heterocycles. The maximum atomic E-state index is 6.04. The number of rotatable bonds is 4. The summed E-state index contributed by atoms with van der Waals surface area (Å²) in [5, 5.41) is 4.08. The fourth-order valence-corrected chi connectivity index (χ4v) is 2.41. The summed E-state index contributed by atoms with van der Waals surface area (Å²) >= 11 is 6.04. The van der Waals surface area contributed by atoms with Gasteiger partial charge in [0.15, 0.2) is 0 Å². The zero-order chi connectivity index (χ0) is 13.0. The van der Waals surface area contributed by atoms with Crippen LogP contribution < -0.4 is 15.0 Å². The second kappa shape index (κ2) is 6.27. The number of methoxy groups -OCH3 is 2. The molecule has 1 unspecified atom stereocenters. The molecule has 1 saturated heterocycles. The molecule has 100 valence electrons. The molecule has 0 spiro atoms. The first-order valence-corrected chi connectivity index (χ1v) is 6.43. The van der Waals surface area contributed by atoms with Gasteiger partial charge in [-0.15, -0.1) is 0 Å². The summed E-state index contributed by atoms with van der Waals surface area (Å²) in [4.78, 5) is 2.32. The van der Waals surface area contributed by atoms with Crippen LogP contribution in [0.4, 0.5) is 5.69 Å².